The van der Waals surface area contributed by atoms with Gasteiger partial charge < -0.3 is 4.74 Å². The Morgan fingerprint density at radius 3 is 2.00 bits per heavy atom. The van der Waals surface area contributed by atoms with Crippen molar-refractivity contribution < 1.29 is 7.48 Å². The molecule has 0 N–H and O–H groups in total. The largest absolute Gasteiger partial charge is 0.376 e. The minimum Gasteiger partial charge on any atom is -0.376 e. The van der Waals surface area contributed by atoms with Crippen LogP contribution in [0.5, 0.6) is 0 Å². The Morgan fingerprint density at radius 2 is 1.38 bits per heavy atom. The van der Waals surface area contributed by atoms with Crippen LogP contribution in [0.1, 0.15) is 13.9 Å². The van der Waals surface area contributed by atoms with Crippen LogP contribution in [0, 0.1) is 0 Å². The smallest absolute Gasteiger partial charge is 0.0717 e. The molecule has 2 aromatic rings. The quantitative estimate of drug-likeness (QED) is 0.740. The molecule has 0 spiro atoms. The van der Waals surface area contributed by atoms with Crippen molar-refractivity contribution in [3.8, 4) is 0 Å². The summed E-state index contributed by atoms with van der Waals surface area (Å²) in [6.07, 6.45) is -1.45. The lowest BCUT2D eigenvalue weighted by Crippen LogP contribution is -1.98. The van der Waals surface area contributed by atoms with Gasteiger partial charge in [0.15, 0.2) is 0 Å². The normalized spacial score (nSPS) is 13.0. The molecule has 0 unspecified atom stereocenters. The highest BCUT2D eigenvalue weighted by Gasteiger charge is 1.93. The first-order chi connectivity index (χ1) is 8.68. The number of hydrogen-bond donors (Lipinski definition) is 0. The third-order valence-electron chi connectivity index (χ3n) is 2.26. The van der Waals surface area contributed by atoms with Gasteiger partial charge >= 0.3 is 0 Å². The van der Waals surface area contributed by atoms with Crippen molar-refractivity contribution in [1.82, 2.24) is 0 Å². The van der Waals surface area contributed by atoms with Gasteiger partial charge in [0.1, 0.15) is 0 Å². The first-order valence-corrected chi connectivity index (χ1v) is 5.36. The molecule has 0 saturated carbocycles. The van der Waals surface area contributed by atoms with Gasteiger partial charge in [0.2, 0.25) is 0 Å². The van der Waals surface area contributed by atoms with E-state index in [-0.39, 0.29) is 6.61 Å². The Labute approximate surface area is 99.5 Å². The molecular weight excluding hydrogens is 196 g/mol. The van der Waals surface area contributed by atoms with Crippen LogP contribution in [0.25, 0.3) is 0 Å². The fraction of sp³-hybridized carbons (Fsp3) is 0.200. The summed E-state index contributed by atoms with van der Waals surface area (Å²) < 4.78 is 21.4. The molecule has 0 aliphatic heterocycles. The van der Waals surface area contributed by atoms with E-state index in [1.54, 1.807) is 12.1 Å². The zero-order valence-corrected chi connectivity index (χ0v) is 9.10. The van der Waals surface area contributed by atoms with E-state index in [1.165, 1.54) is 0 Å². The second kappa shape index (κ2) is 6.09. The molecule has 0 aliphatic carbocycles. The van der Waals surface area contributed by atoms with Gasteiger partial charge in [-0.3, -0.25) is 0 Å². The molecule has 16 heavy (non-hydrogen) atoms. The van der Waals surface area contributed by atoms with E-state index in [0.717, 1.165) is 5.56 Å². The third kappa shape index (κ3) is 3.52. The number of hydrogen-bond acceptors (Lipinski definition) is 1. The van der Waals surface area contributed by atoms with Crippen LogP contribution in [-0.4, -0.2) is 6.61 Å². The summed E-state index contributed by atoms with van der Waals surface area (Å²) in [6, 6.07) is 18.9. The van der Waals surface area contributed by atoms with E-state index in [4.69, 9.17) is 7.48 Å². The van der Waals surface area contributed by atoms with Crippen LogP contribution >= 0.6 is 0 Å². The van der Waals surface area contributed by atoms with Crippen LogP contribution in [0.3, 0.4) is 0 Å². The monoisotopic (exact) mass is 214 g/mol. The molecule has 0 radical (unpaired) electrons. The second-order valence-corrected chi connectivity index (χ2v) is 3.52. The minimum absolute atomic E-state index is 0.0614. The number of rotatable bonds is 5. The van der Waals surface area contributed by atoms with Crippen molar-refractivity contribution in [2.24, 2.45) is 0 Å². The maximum Gasteiger partial charge on any atom is 0.0717 e. The van der Waals surface area contributed by atoms with E-state index >= 15 is 0 Å². The molecule has 2 aromatic carbocycles. The predicted octanol–water partition coefficient (Wildman–Crippen LogP) is 3.45. The molecule has 0 saturated heterocycles. The maximum absolute atomic E-state index is 7.97. The Kier molecular flexibility index (Phi) is 3.25. The zero-order valence-electron chi connectivity index (χ0n) is 11.1. The molecular formula is C15H16O. The summed E-state index contributed by atoms with van der Waals surface area (Å²) in [5.74, 6) is 0. The van der Waals surface area contributed by atoms with E-state index in [0.29, 0.717) is 12.2 Å². The lowest BCUT2D eigenvalue weighted by molar-refractivity contribution is 0.124. The summed E-state index contributed by atoms with van der Waals surface area (Å²) in [5, 5.41) is 0. The van der Waals surface area contributed by atoms with Crippen LogP contribution in [-0.2, 0) is 17.7 Å². The highest BCUT2D eigenvalue weighted by molar-refractivity contribution is 5.15. The summed E-state index contributed by atoms with van der Waals surface area (Å²) in [4.78, 5) is 0. The van der Waals surface area contributed by atoms with Crippen molar-refractivity contribution in [2.45, 2.75) is 13.0 Å². The first-order valence-electron chi connectivity index (χ1n) is 6.36. The van der Waals surface area contributed by atoms with Gasteiger partial charge in [-0.2, -0.15) is 0 Å². The molecule has 0 atom stereocenters. The van der Waals surface area contributed by atoms with Crippen molar-refractivity contribution in [3.63, 3.8) is 0 Å². The minimum atomic E-state index is -1.45. The van der Waals surface area contributed by atoms with E-state index < -0.39 is 6.37 Å². The van der Waals surface area contributed by atoms with Gasteiger partial charge in [-0.05, 0) is 17.5 Å². The van der Waals surface area contributed by atoms with Crippen molar-refractivity contribution in [1.29, 1.82) is 0 Å². The van der Waals surface area contributed by atoms with Gasteiger partial charge in [0.25, 0.3) is 0 Å². The Hall–Kier alpha value is -1.60. The molecule has 2 rings (SSSR count). The van der Waals surface area contributed by atoms with E-state index in [9.17, 15) is 0 Å². The molecule has 1 nitrogen and oxygen atoms in total. The molecule has 0 amide bonds. The SMILES string of the molecule is [2H]C([2H])(COCc1ccccc1)c1ccccc1. The summed E-state index contributed by atoms with van der Waals surface area (Å²) in [5.41, 5.74) is 1.71. The van der Waals surface area contributed by atoms with E-state index in [2.05, 4.69) is 0 Å². The zero-order chi connectivity index (χ0) is 12.8. The molecule has 0 aliphatic rings. The molecule has 0 aromatic heterocycles. The molecule has 0 bridgehead atoms. The van der Waals surface area contributed by atoms with Gasteiger partial charge in [0, 0.05) is 2.74 Å². The van der Waals surface area contributed by atoms with Gasteiger partial charge in [0.05, 0.1) is 13.2 Å². The second-order valence-electron chi connectivity index (χ2n) is 3.52. The van der Waals surface area contributed by atoms with Crippen molar-refractivity contribution in [2.75, 3.05) is 6.61 Å². The topological polar surface area (TPSA) is 9.23 Å². The highest BCUT2D eigenvalue weighted by atomic mass is 16.5. The lowest BCUT2D eigenvalue weighted by Gasteiger charge is -2.04. The third-order valence-corrected chi connectivity index (χ3v) is 2.26. The molecule has 82 valence electrons. The molecule has 0 heterocycles. The van der Waals surface area contributed by atoms with Gasteiger partial charge in [-0.1, -0.05) is 60.7 Å². The van der Waals surface area contributed by atoms with E-state index in [1.807, 2.05) is 48.5 Å². The van der Waals surface area contributed by atoms with Crippen LogP contribution in [0.4, 0.5) is 0 Å². The highest BCUT2D eigenvalue weighted by Crippen LogP contribution is 2.03. The van der Waals surface area contributed by atoms with Crippen molar-refractivity contribution in [3.05, 3.63) is 71.8 Å². The standard InChI is InChI=1S/C15H16O/c1-3-7-14(8-4-1)11-12-16-13-15-9-5-2-6-10-15/h1-10H,11-13H2/i11D2. The molecule has 1 heteroatoms. The average molecular weight is 214 g/mol. The summed E-state index contributed by atoms with van der Waals surface area (Å²) in [6.45, 7) is 0.499. The Morgan fingerprint density at radius 1 is 0.812 bits per heavy atom. The fourth-order valence-corrected chi connectivity index (χ4v) is 1.43. The number of benzene rings is 2. The van der Waals surface area contributed by atoms with Crippen LogP contribution in [0.15, 0.2) is 60.7 Å². The van der Waals surface area contributed by atoms with Gasteiger partial charge in [-0.15, -0.1) is 0 Å². The van der Waals surface area contributed by atoms with Crippen molar-refractivity contribution >= 4 is 0 Å². The Bertz CT molecular complexity index is 468. The summed E-state index contributed by atoms with van der Waals surface area (Å²) >= 11 is 0. The molecule has 0 fully saturated rings. The first kappa shape index (κ1) is 8.54. The van der Waals surface area contributed by atoms with Crippen LogP contribution in [0.2, 0.25) is 0 Å². The fourth-order valence-electron chi connectivity index (χ4n) is 1.43. The average Bonchev–Trinajstić information content (AvgIpc) is 2.41. The summed E-state index contributed by atoms with van der Waals surface area (Å²) in [7, 11) is 0. The maximum atomic E-state index is 7.97. The predicted molar refractivity (Wildman–Crippen MR) is 66.2 cm³/mol. The Balaban J connectivity index is 1.90. The number of ether oxygens (including phenoxy) is 1. The van der Waals surface area contributed by atoms with Crippen LogP contribution < -0.4 is 0 Å². The lowest BCUT2D eigenvalue weighted by atomic mass is 10.2. The van der Waals surface area contributed by atoms with Gasteiger partial charge in [-0.25, -0.2) is 0 Å².